The van der Waals surface area contributed by atoms with Crippen LogP contribution in [0.1, 0.15) is 39.0 Å². The van der Waals surface area contributed by atoms with Crippen LogP contribution in [0, 0.1) is 0 Å². The van der Waals surface area contributed by atoms with Gasteiger partial charge in [-0.3, -0.25) is 33.8 Å². The van der Waals surface area contributed by atoms with Gasteiger partial charge in [0, 0.05) is 31.5 Å². The van der Waals surface area contributed by atoms with Gasteiger partial charge in [-0.2, -0.15) is 0 Å². The molecular formula is C17H21N3O7. The lowest BCUT2D eigenvalue weighted by atomic mass is 10.1. The number of hydrogen-bond acceptors (Lipinski definition) is 6. The number of likely N-dealkylation sites (tertiary alicyclic amines) is 1. The number of carbonyl (C=O) groups excluding carboxylic acids is 5. The Morgan fingerprint density at radius 3 is 2.11 bits per heavy atom. The van der Waals surface area contributed by atoms with E-state index in [0.717, 1.165) is 22.0 Å². The maximum atomic E-state index is 12.0. The zero-order valence-electron chi connectivity index (χ0n) is 14.8. The summed E-state index contributed by atoms with van der Waals surface area (Å²) in [6.45, 7) is 1.64. The minimum absolute atomic E-state index is 0.0271. The van der Waals surface area contributed by atoms with E-state index >= 15 is 0 Å². The SMILES string of the molecule is CC(C(=O)NCCCCC(C(=O)O)N1C(=O)CCC1=O)N1C(=O)C=CC1=O. The number of carbonyl (C=O) groups is 6. The van der Waals surface area contributed by atoms with Gasteiger partial charge < -0.3 is 10.4 Å². The molecule has 0 spiro atoms. The maximum absolute atomic E-state index is 12.0. The van der Waals surface area contributed by atoms with E-state index in [9.17, 15) is 33.9 Å². The Labute approximate surface area is 155 Å². The van der Waals surface area contributed by atoms with Gasteiger partial charge in [-0.05, 0) is 26.2 Å². The summed E-state index contributed by atoms with van der Waals surface area (Å²) in [5.74, 6) is -3.81. The van der Waals surface area contributed by atoms with Crippen molar-refractivity contribution in [3.8, 4) is 0 Å². The van der Waals surface area contributed by atoms with Gasteiger partial charge in [0.2, 0.25) is 17.7 Å². The predicted molar refractivity (Wildman–Crippen MR) is 89.8 cm³/mol. The highest BCUT2D eigenvalue weighted by Gasteiger charge is 2.38. The van der Waals surface area contributed by atoms with Crippen molar-refractivity contribution in [2.75, 3.05) is 6.54 Å². The largest absolute Gasteiger partial charge is 0.480 e. The molecule has 2 aliphatic rings. The van der Waals surface area contributed by atoms with Crippen molar-refractivity contribution in [3.05, 3.63) is 12.2 Å². The first-order valence-electron chi connectivity index (χ1n) is 8.64. The molecule has 2 N–H and O–H groups in total. The zero-order valence-corrected chi connectivity index (χ0v) is 14.8. The first-order chi connectivity index (χ1) is 12.7. The molecule has 1 saturated heterocycles. The molecule has 1 fully saturated rings. The van der Waals surface area contributed by atoms with E-state index in [1.54, 1.807) is 0 Å². The zero-order chi connectivity index (χ0) is 20.1. The second kappa shape index (κ2) is 8.56. The van der Waals surface area contributed by atoms with E-state index in [-0.39, 0.29) is 25.8 Å². The Hall–Kier alpha value is -3.04. The van der Waals surface area contributed by atoms with Crippen molar-refractivity contribution in [3.63, 3.8) is 0 Å². The smallest absolute Gasteiger partial charge is 0.326 e. The van der Waals surface area contributed by atoms with Crippen LogP contribution in [0.2, 0.25) is 0 Å². The van der Waals surface area contributed by atoms with Gasteiger partial charge >= 0.3 is 5.97 Å². The highest BCUT2D eigenvalue weighted by atomic mass is 16.4. The summed E-state index contributed by atoms with van der Waals surface area (Å²) in [7, 11) is 0. The minimum atomic E-state index is -1.24. The Kier molecular flexibility index (Phi) is 6.43. The van der Waals surface area contributed by atoms with E-state index in [0.29, 0.717) is 12.8 Å². The molecule has 0 aliphatic carbocycles. The number of nitrogens with one attached hydrogen (secondary N) is 1. The highest BCUT2D eigenvalue weighted by Crippen LogP contribution is 2.19. The summed E-state index contributed by atoms with van der Waals surface area (Å²) in [6, 6.07) is -2.15. The lowest BCUT2D eigenvalue weighted by molar-refractivity contribution is -0.154. The monoisotopic (exact) mass is 379 g/mol. The number of hydrogen-bond donors (Lipinski definition) is 2. The van der Waals surface area contributed by atoms with Crippen LogP contribution in [0.5, 0.6) is 0 Å². The molecule has 2 rings (SSSR count). The Balaban J connectivity index is 1.75. The lowest BCUT2D eigenvalue weighted by Crippen LogP contribution is -2.48. The lowest BCUT2D eigenvalue weighted by Gasteiger charge is -2.23. The molecule has 5 amide bonds. The summed E-state index contributed by atoms with van der Waals surface area (Å²) < 4.78 is 0. The molecule has 2 heterocycles. The number of carboxylic acid groups (broad SMARTS) is 1. The fraction of sp³-hybridized carbons (Fsp3) is 0.529. The van der Waals surface area contributed by atoms with Crippen LogP contribution in [0.15, 0.2) is 12.2 Å². The number of amides is 5. The molecule has 0 radical (unpaired) electrons. The third-order valence-electron chi connectivity index (χ3n) is 4.50. The van der Waals surface area contributed by atoms with E-state index in [1.165, 1.54) is 6.92 Å². The first kappa shape index (κ1) is 20.3. The van der Waals surface area contributed by atoms with Crippen LogP contribution in [0.4, 0.5) is 0 Å². The van der Waals surface area contributed by atoms with Gasteiger partial charge in [0.25, 0.3) is 11.8 Å². The molecule has 0 bridgehead atoms. The number of rotatable bonds is 9. The summed E-state index contributed by atoms with van der Waals surface area (Å²) in [5, 5.41) is 11.8. The van der Waals surface area contributed by atoms with Gasteiger partial charge in [0.15, 0.2) is 0 Å². The molecule has 0 aromatic heterocycles. The summed E-state index contributed by atoms with van der Waals surface area (Å²) in [5.41, 5.74) is 0. The van der Waals surface area contributed by atoms with Gasteiger partial charge in [-0.25, -0.2) is 4.79 Å². The topological polar surface area (TPSA) is 141 Å². The molecule has 27 heavy (non-hydrogen) atoms. The Morgan fingerprint density at radius 1 is 1.04 bits per heavy atom. The summed E-state index contributed by atoms with van der Waals surface area (Å²) >= 11 is 0. The number of carboxylic acids is 1. The summed E-state index contributed by atoms with van der Waals surface area (Å²) in [6.07, 6.45) is 3.12. The molecule has 2 aliphatic heterocycles. The highest BCUT2D eigenvalue weighted by molar-refractivity contribution is 6.15. The van der Waals surface area contributed by atoms with E-state index in [2.05, 4.69) is 5.32 Å². The first-order valence-corrected chi connectivity index (χ1v) is 8.64. The second-order valence-corrected chi connectivity index (χ2v) is 6.35. The fourth-order valence-electron chi connectivity index (χ4n) is 3.04. The molecule has 2 unspecified atom stereocenters. The van der Waals surface area contributed by atoms with Gasteiger partial charge in [-0.1, -0.05) is 0 Å². The quantitative estimate of drug-likeness (QED) is 0.394. The van der Waals surface area contributed by atoms with Crippen LogP contribution in [0.3, 0.4) is 0 Å². The molecule has 2 atom stereocenters. The van der Waals surface area contributed by atoms with Crippen LogP contribution in [-0.2, 0) is 28.8 Å². The second-order valence-electron chi connectivity index (χ2n) is 6.35. The van der Waals surface area contributed by atoms with Gasteiger partial charge in [0.05, 0.1) is 0 Å². The summed E-state index contributed by atoms with van der Waals surface area (Å²) in [4.78, 5) is 71.5. The van der Waals surface area contributed by atoms with Gasteiger partial charge in [0.1, 0.15) is 12.1 Å². The average molecular weight is 379 g/mol. The van der Waals surface area contributed by atoms with E-state index < -0.39 is 47.6 Å². The standard InChI is InChI=1S/C17H21N3O7/c1-10(19-12(21)5-6-13(19)22)16(25)18-9-3-2-4-11(17(26)27)20-14(23)7-8-15(20)24/h5-6,10-11H,2-4,7-9H2,1H3,(H,18,25)(H,26,27). The van der Waals surface area contributed by atoms with Gasteiger partial charge in [-0.15, -0.1) is 0 Å². The molecular weight excluding hydrogens is 358 g/mol. The number of unbranched alkanes of at least 4 members (excludes halogenated alkanes) is 1. The molecule has 10 heteroatoms. The molecule has 0 aromatic carbocycles. The average Bonchev–Trinajstić information content (AvgIpc) is 3.12. The molecule has 0 saturated carbocycles. The van der Waals surface area contributed by atoms with Crippen LogP contribution in [-0.4, -0.2) is 69.0 Å². The molecule has 146 valence electrons. The number of nitrogens with zero attached hydrogens (tertiary/aromatic N) is 2. The molecule has 0 aromatic rings. The minimum Gasteiger partial charge on any atom is -0.480 e. The van der Waals surface area contributed by atoms with Crippen LogP contribution >= 0.6 is 0 Å². The fourth-order valence-corrected chi connectivity index (χ4v) is 3.04. The van der Waals surface area contributed by atoms with Crippen LogP contribution < -0.4 is 5.32 Å². The number of aliphatic carboxylic acids is 1. The Morgan fingerprint density at radius 2 is 1.59 bits per heavy atom. The van der Waals surface area contributed by atoms with Crippen molar-refractivity contribution in [1.29, 1.82) is 0 Å². The Bertz CT molecular complexity index is 681. The van der Waals surface area contributed by atoms with E-state index in [1.807, 2.05) is 0 Å². The van der Waals surface area contributed by atoms with E-state index in [4.69, 9.17) is 0 Å². The van der Waals surface area contributed by atoms with Crippen LogP contribution in [0.25, 0.3) is 0 Å². The predicted octanol–water partition coefficient (Wildman–Crippen LogP) is -0.811. The van der Waals surface area contributed by atoms with Crippen molar-refractivity contribution in [2.24, 2.45) is 0 Å². The van der Waals surface area contributed by atoms with Crippen molar-refractivity contribution in [1.82, 2.24) is 15.1 Å². The maximum Gasteiger partial charge on any atom is 0.326 e. The third-order valence-corrected chi connectivity index (χ3v) is 4.50. The van der Waals surface area contributed by atoms with Crippen molar-refractivity contribution in [2.45, 2.75) is 51.1 Å². The van der Waals surface area contributed by atoms with Crippen molar-refractivity contribution >= 4 is 35.5 Å². The normalized spacial score (nSPS) is 19.0. The third kappa shape index (κ3) is 4.57. The molecule has 10 nitrogen and oxygen atoms in total. The number of imide groups is 2. The van der Waals surface area contributed by atoms with Crippen molar-refractivity contribution < 1.29 is 33.9 Å².